The molecule has 0 aliphatic carbocycles. The van der Waals surface area contributed by atoms with E-state index in [4.69, 9.17) is 0 Å². The van der Waals surface area contributed by atoms with Gasteiger partial charge in [-0.15, -0.1) is 11.3 Å². The van der Waals surface area contributed by atoms with Crippen molar-refractivity contribution in [2.75, 3.05) is 9.80 Å². The maximum absolute atomic E-state index is 2.43. The summed E-state index contributed by atoms with van der Waals surface area (Å²) >= 11 is 1.86. The molecule has 0 amide bonds. The van der Waals surface area contributed by atoms with E-state index in [-0.39, 0.29) is 0 Å². The molecule has 0 aliphatic rings. The first-order chi connectivity index (χ1) is 35.4. The maximum Gasteiger partial charge on any atom is 0.0640 e. The van der Waals surface area contributed by atoms with E-state index in [0.29, 0.717) is 0 Å². The fraction of sp³-hybridized carbons (Fsp3) is 0.0435. The molecule has 0 atom stereocenters. The number of thiophene rings is 1. The molecule has 0 spiro atoms. The monoisotopic (exact) mass is 942 g/mol. The Morgan fingerprint density at radius 2 is 0.694 bits per heavy atom. The van der Waals surface area contributed by atoms with Crippen molar-refractivity contribution in [1.82, 2.24) is 0 Å². The van der Waals surface area contributed by atoms with Crippen molar-refractivity contribution in [3.63, 3.8) is 0 Å². The molecule has 0 fully saturated rings. The van der Waals surface area contributed by atoms with Crippen LogP contribution in [-0.4, -0.2) is 0 Å². The Hall–Kier alpha value is -8.76. The van der Waals surface area contributed by atoms with Gasteiger partial charge in [-0.1, -0.05) is 212 Å². The highest BCUT2D eigenvalue weighted by atomic mass is 32.1. The smallest absolute Gasteiger partial charge is 0.0640 e. The van der Waals surface area contributed by atoms with Gasteiger partial charge in [-0.25, -0.2) is 0 Å². The van der Waals surface area contributed by atoms with Gasteiger partial charge in [-0.05, 0) is 143 Å². The number of hydrogen-bond acceptors (Lipinski definition) is 3. The summed E-state index contributed by atoms with van der Waals surface area (Å²) < 4.78 is 2.55. The summed E-state index contributed by atoms with van der Waals surface area (Å²) in [5, 5.41) is 2.56. The van der Waals surface area contributed by atoms with Gasteiger partial charge in [0.15, 0.2) is 0 Å². The Kier molecular flexibility index (Phi) is 13.1. The maximum atomic E-state index is 2.43. The number of hydrogen-bond donors (Lipinski definition) is 0. The van der Waals surface area contributed by atoms with E-state index in [2.05, 4.69) is 304 Å². The summed E-state index contributed by atoms with van der Waals surface area (Å²) in [5.74, 6) is 0. The average Bonchev–Trinajstić information content (AvgIpc) is 3.83. The lowest BCUT2D eigenvalue weighted by molar-refractivity contribution is 1.26. The Morgan fingerprint density at radius 3 is 1.26 bits per heavy atom. The predicted octanol–water partition coefficient (Wildman–Crippen LogP) is 20.3. The Bertz CT molecular complexity index is 3650. The van der Waals surface area contributed by atoms with Gasteiger partial charge in [0, 0.05) is 43.9 Å². The summed E-state index contributed by atoms with van der Waals surface area (Å²) in [7, 11) is 0. The quantitative estimate of drug-likeness (QED) is 0.135. The van der Waals surface area contributed by atoms with Crippen LogP contribution in [0.2, 0.25) is 0 Å². The molecule has 0 unspecified atom stereocenters. The summed E-state index contributed by atoms with van der Waals surface area (Å²) in [5.41, 5.74) is 20.3. The summed E-state index contributed by atoms with van der Waals surface area (Å²) in [6.07, 6.45) is 0. The topological polar surface area (TPSA) is 6.48 Å². The minimum atomic E-state index is 1.07. The van der Waals surface area contributed by atoms with Crippen molar-refractivity contribution < 1.29 is 0 Å². The van der Waals surface area contributed by atoms with Crippen LogP contribution in [0.5, 0.6) is 0 Å². The molecule has 12 rings (SSSR count). The van der Waals surface area contributed by atoms with Crippen LogP contribution in [0.1, 0.15) is 16.7 Å². The molecule has 0 radical (unpaired) electrons. The van der Waals surface area contributed by atoms with Gasteiger partial charge in [0.1, 0.15) is 0 Å². The third-order valence-electron chi connectivity index (χ3n) is 13.5. The Morgan fingerprint density at radius 1 is 0.278 bits per heavy atom. The normalized spacial score (nSPS) is 11.0. The second kappa shape index (κ2) is 20.7. The van der Waals surface area contributed by atoms with E-state index < -0.39 is 0 Å². The first kappa shape index (κ1) is 45.7. The van der Waals surface area contributed by atoms with Gasteiger partial charge in [0.25, 0.3) is 0 Å². The van der Waals surface area contributed by atoms with Gasteiger partial charge < -0.3 is 9.80 Å². The molecule has 11 aromatic carbocycles. The molecule has 12 aromatic rings. The number of nitrogens with zero attached hydrogens (tertiary/aromatic N) is 2. The third-order valence-corrected chi connectivity index (χ3v) is 14.7. The molecule has 0 saturated heterocycles. The van der Waals surface area contributed by atoms with Crippen LogP contribution >= 0.6 is 11.3 Å². The zero-order valence-electron chi connectivity index (χ0n) is 40.8. The molecule has 1 heterocycles. The molecular weight excluding hydrogens is 889 g/mol. The van der Waals surface area contributed by atoms with Crippen LogP contribution < -0.4 is 9.80 Å². The largest absolute Gasteiger partial charge is 0.310 e. The van der Waals surface area contributed by atoms with Gasteiger partial charge in [-0.3, -0.25) is 0 Å². The SMILES string of the molecule is Cc1ccc(-c2ccc(N(c3cccc(N(c4cccc(-c5ccccc5)c4)c4cccc(-c5ccccc5)c4)c3)c3cccc4c3sc3ccccc34)cc2)cc1.Cc1ccccc1-c1ccccc1C. The zero-order chi connectivity index (χ0) is 48.8. The van der Waals surface area contributed by atoms with Crippen molar-refractivity contribution in [3.8, 4) is 44.5 Å². The van der Waals surface area contributed by atoms with Crippen LogP contribution in [0.4, 0.5) is 34.1 Å². The van der Waals surface area contributed by atoms with E-state index in [9.17, 15) is 0 Å². The Labute approximate surface area is 428 Å². The van der Waals surface area contributed by atoms with Gasteiger partial charge >= 0.3 is 0 Å². The van der Waals surface area contributed by atoms with Crippen molar-refractivity contribution >= 4 is 65.6 Å². The van der Waals surface area contributed by atoms with E-state index >= 15 is 0 Å². The number of benzene rings is 11. The number of rotatable bonds is 10. The van der Waals surface area contributed by atoms with E-state index in [0.717, 1.165) is 34.1 Å². The molecular formula is C69H54N2S. The first-order valence-electron chi connectivity index (χ1n) is 24.7. The van der Waals surface area contributed by atoms with Crippen LogP contribution in [0.3, 0.4) is 0 Å². The molecule has 1 aromatic heterocycles. The Balaban J connectivity index is 0.000000345. The summed E-state index contributed by atoms with van der Waals surface area (Å²) in [6, 6.07) is 98.3. The van der Waals surface area contributed by atoms with Gasteiger partial charge in [0.2, 0.25) is 0 Å². The zero-order valence-corrected chi connectivity index (χ0v) is 41.6. The average molecular weight is 943 g/mol. The molecule has 2 nitrogen and oxygen atoms in total. The van der Waals surface area contributed by atoms with Crippen molar-refractivity contribution in [2.45, 2.75) is 20.8 Å². The molecule has 0 N–H and O–H groups in total. The second-order valence-corrected chi connectivity index (χ2v) is 19.4. The molecule has 0 aliphatic heterocycles. The fourth-order valence-corrected chi connectivity index (χ4v) is 11.0. The minimum Gasteiger partial charge on any atom is -0.310 e. The lowest BCUT2D eigenvalue weighted by Gasteiger charge is -2.30. The van der Waals surface area contributed by atoms with Gasteiger partial charge in [0.05, 0.1) is 10.4 Å². The predicted molar refractivity (Wildman–Crippen MR) is 311 cm³/mol. The van der Waals surface area contributed by atoms with Crippen molar-refractivity contribution in [1.29, 1.82) is 0 Å². The highest BCUT2D eigenvalue weighted by Gasteiger charge is 2.21. The number of fused-ring (bicyclic) bond motifs is 3. The first-order valence-corrected chi connectivity index (χ1v) is 25.5. The number of anilines is 6. The molecule has 0 saturated carbocycles. The van der Waals surface area contributed by atoms with Crippen LogP contribution in [0.25, 0.3) is 64.7 Å². The van der Waals surface area contributed by atoms with E-state index in [1.165, 1.54) is 81.4 Å². The standard InChI is InChI=1S/C55H40N2S.C14H14/c1-39-28-30-42(31-29-39)43-32-34-46(35-33-43)57(53-26-13-25-52-51-24-8-9-27-54(51)58-55(52)53)50-23-12-22-49(38-50)56(47-20-10-18-44(36-47)40-14-4-2-5-15-40)48-21-11-19-45(37-48)41-16-6-3-7-17-41;1-11-7-3-5-9-13(11)14-10-6-4-8-12(14)2/h2-38H,1H3;3-10H,1-2H3. The van der Waals surface area contributed by atoms with Crippen LogP contribution in [0, 0.1) is 20.8 Å². The van der Waals surface area contributed by atoms with Crippen molar-refractivity contribution in [3.05, 3.63) is 290 Å². The highest BCUT2D eigenvalue weighted by molar-refractivity contribution is 7.26. The molecule has 3 heteroatoms. The van der Waals surface area contributed by atoms with Crippen LogP contribution in [0.15, 0.2) is 273 Å². The fourth-order valence-electron chi connectivity index (χ4n) is 9.76. The number of aryl methyl sites for hydroxylation is 3. The lowest BCUT2D eigenvalue weighted by Crippen LogP contribution is -2.13. The molecule has 0 bridgehead atoms. The minimum absolute atomic E-state index is 1.07. The summed E-state index contributed by atoms with van der Waals surface area (Å²) in [4.78, 5) is 4.82. The van der Waals surface area contributed by atoms with Crippen LogP contribution in [-0.2, 0) is 0 Å². The lowest BCUT2D eigenvalue weighted by atomic mass is 9.97. The van der Waals surface area contributed by atoms with Crippen molar-refractivity contribution in [2.24, 2.45) is 0 Å². The molecule has 72 heavy (non-hydrogen) atoms. The van der Waals surface area contributed by atoms with Gasteiger partial charge in [-0.2, -0.15) is 0 Å². The molecule has 346 valence electrons. The van der Waals surface area contributed by atoms with E-state index in [1.54, 1.807) is 0 Å². The second-order valence-electron chi connectivity index (χ2n) is 18.3. The highest BCUT2D eigenvalue weighted by Crippen LogP contribution is 2.47. The third kappa shape index (κ3) is 9.59. The summed E-state index contributed by atoms with van der Waals surface area (Å²) in [6.45, 7) is 6.44. The van der Waals surface area contributed by atoms with E-state index in [1.807, 2.05) is 11.3 Å².